The third-order valence-electron chi connectivity index (χ3n) is 6.11. The number of sulfonamides is 1. The molecule has 7 nitrogen and oxygen atoms in total. The second-order valence-electron chi connectivity index (χ2n) is 8.25. The number of carbonyl (C=O) groups excluding carboxylic acids is 1. The lowest BCUT2D eigenvalue weighted by Gasteiger charge is -2.43. The van der Waals surface area contributed by atoms with Crippen LogP contribution < -0.4 is 5.32 Å². The molecule has 2 heterocycles. The second-order valence-corrected chi connectivity index (χ2v) is 10.2. The first kappa shape index (κ1) is 24.2. The van der Waals surface area contributed by atoms with Gasteiger partial charge in [0.15, 0.2) is 0 Å². The molecule has 2 N–H and O–H groups in total. The molecule has 8 heteroatoms. The third-order valence-corrected chi connectivity index (χ3v) is 8.02. The number of nitrogens with zero attached hydrogens (tertiary/aromatic N) is 2. The Morgan fingerprint density at radius 2 is 1.69 bits per heavy atom. The Morgan fingerprint density at radius 1 is 1.06 bits per heavy atom. The number of aromatic hydroxyl groups is 1. The lowest BCUT2D eigenvalue weighted by molar-refractivity contribution is -0.119. The summed E-state index contributed by atoms with van der Waals surface area (Å²) in [6, 6.07) is 13.2. The molecule has 2 aliphatic heterocycles. The van der Waals surface area contributed by atoms with Crippen LogP contribution >= 0.6 is 0 Å². The highest BCUT2D eigenvalue weighted by Gasteiger charge is 2.48. The lowest BCUT2D eigenvalue weighted by Crippen LogP contribution is -2.58. The van der Waals surface area contributed by atoms with Gasteiger partial charge in [-0.1, -0.05) is 50.2 Å². The van der Waals surface area contributed by atoms with Crippen LogP contribution in [-0.2, 0) is 21.4 Å². The lowest BCUT2D eigenvalue weighted by atomic mass is 9.97. The molecule has 0 aliphatic carbocycles. The number of nitrogens with one attached hydrogen (secondary N) is 1. The van der Waals surface area contributed by atoms with Gasteiger partial charge in [0.25, 0.3) is 0 Å². The van der Waals surface area contributed by atoms with E-state index in [1.54, 1.807) is 13.0 Å². The predicted molar refractivity (Wildman–Crippen MR) is 125 cm³/mol. The summed E-state index contributed by atoms with van der Waals surface area (Å²) in [7, 11) is -3.82. The molecule has 0 radical (unpaired) electrons. The van der Waals surface area contributed by atoms with Gasteiger partial charge in [-0.15, -0.1) is 0 Å². The molecule has 0 aromatic heterocycles. The quantitative estimate of drug-likeness (QED) is 0.733. The number of hydrogen-bond donors (Lipinski definition) is 2. The summed E-state index contributed by atoms with van der Waals surface area (Å²) in [4.78, 5) is 14.3. The molecule has 0 unspecified atom stereocenters. The van der Waals surface area contributed by atoms with E-state index in [4.69, 9.17) is 0 Å². The number of rotatable bonds is 4. The van der Waals surface area contributed by atoms with Crippen molar-refractivity contribution >= 4 is 15.9 Å². The van der Waals surface area contributed by atoms with Crippen molar-refractivity contribution in [3.8, 4) is 5.75 Å². The molecule has 2 fully saturated rings. The predicted octanol–water partition coefficient (Wildman–Crippen LogP) is 3.15. The number of amides is 1. The van der Waals surface area contributed by atoms with Crippen molar-refractivity contribution in [2.45, 2.75) is 57.6 Å². The summed E-state index contributed by atoms with van der Waals surface area (Å²) in [5.74, 6) is -0.227. The molecule has 2 aromatic carbocycles. The van der Waals surface area contributed by atoms with Crippen LogP contribution in [0.3, 0.4) is 0 Å². The monoisotopic (exact) mass is 459 g/mol. The van der Waals surface area contributed by atoms with Gasteiger partial charge in [0.05, 0.1) is 12.2 Å². The van der Waals surface area contributed by atoms with Crippen molar-refractivity contribution in [2.24, 2.45) is 0 Å². The van der Waals surface area contributed by atoms with E-state index in [0.717, 1.165) is 11.1 Å². The van der Waals surface area contributed by atoms with Crippen molar-refractivity contribution in [2.75, 3.05) is 19.6 Å². The van der Waals surface area contributed by atoms with Crippen LogP contribution in [0.25, 0.3) is 0 Å². The first-order valence-electron chi connectivity index (χ1n) is 11.1. The maximum absolute atomic E-state index is 13.2. The average Bonchev–Trinajstić information content (AvgIpc) is 3.07. The molecule has 2 aromatic rings. The maximum atomic E-state index is 13.2. The summed E-state index contributed by atoms with van der Waals surface area (Å²) >= 11 is 0. The minimum atomic E-state index is -3.82. The smallest absolute Gasteiger partial charge is 0.246 e. The Kier molecular flexibility index (Phi) is 7.27. The molecule has 2 saturated heterocycles. The van der Waals surface area contributed by atoms with Gasteiger partial charge in [0.2, 0.25) is 15.9 Å². The zero-order chi connectivity index (χ0) is 23.5. The van der Waals surface area contributed by atoms with Crippen LogP contribution in [0.15, 0.2) is 47.4 Å². The van der Waals surface area contributed by atoms with Crippen molar-refractivity contribution in [3.05, 3.63) is 59.2 Å². The third kappa shape index (κ3) is 4.67. The highest BCUT2D eigenvalue weighted by Crippen LogP contribution is 2.36. The van der Waals surface area contributed by atoms with Gasteiger partial charge in [-0.3, -0.25) is 9.69 Å². The van der Waals surface area contributed by atoms with Gasteiger partial charge < -0.3 is 10.4 Å². The molecule has 0 bridgehead atoms. The average molecular weight is 460 g/mol. The molecule has 0 atom stereocenters. The highest BCUT2D eigenvalue weighted by molar-refractivity contribution is 7.89. The van der Waals surface area contributed by atoms with E-state index >= 15 is 0 Å². The number of hydrogen-bond acceptors (Lipinski definition) is 5. The highest BCUT2D eigenvalue weighted by atomic mass is 32.2. The number of phenolic OH excluding ortho intramolecular Hbond substituents is 1. The molecule has 2 aliphatic rings. The van der Waals surface area contributed by atoms with Gasteiger partial charge in [0, 0.05) is 19.6 Å². The molecule has 1 amide bonds. The second kappa shape index (κ2) is 9.60. The van der Waals surface area contributed by atoms with E-state index in [1.165, 1.54) is 10.4 Å². The van der Waals surface area contributed by atoms with E-state index in [1.807, 2.05) is 51.1 Å². The molecular weight excluding hydrogens is 426 g/mol. The summed E-state index contributed by atoms with van der Waals surface area (Å²) in [6.45, 7) is 9.00. The number of carbonyl (C=O) groups is 1. The molecule has 1 spiro atoms. The summed E-state index contributed by atoms with van der Waals surface area (Å²) < 4.78 is 27.8. The molecule has 32 heavy (non-hydrogen) atoms. The number of aryl methyl sites for hydroxylation is 2. The van der Waals surface area contributed by atoms with Crippen molar-refractivity contribution in [3.63, 3.8) is 0 Å². The van der Waals surface area contributed by atoms with Gasteiger partial charge in [-0.25, -0.2) is 8.42 Å². The van der Waals surface area contributed by atoms with E-state index < -0.39 is 15.7 Å². The van der Waals surface area contributed by atoms with E-state index in [0.29, 0.717) is 31.5 Å². The standard InChI is InChI=1S/C22H27N3O4S.C2H6/c1-16-12-17(2)21(27)19(13-16)30(28,29)25-10-8-22(9-11-25)23-20(26)15-24(22)14-18-6-4-3-5-7-18;1-2/h3-7,12-13,27H,8-11,14-15H2,1-2H3,(H,23,26);1-2H3. The fraction of sp³-hybridized carbons (Fsp3) is 0.458. The van der Waals surface area contributed by atoms with Gasteiger partial charge in [-0.2, -0.15) is 4.31 Å². The summed E-state index contributed by atoms with van der Waals surface area (Å²) in [6.07, 6.45) is 0.993. The number of piperidine rings is 1. The van der Waals surface area contributed by atoms with E-state index in [2.05, 4.69) is 10.2 Å². The molecular formula is C24H33N3O4S. The Bertz CT molecular complexity index is 1060. The summed E-state index contributed by atoms with van der Waals surface area (Å²) in [5, 5.41) is 13.5. The number of phenols is 1. The minimum absolute atomic E-state index is 0.0332. The van der Waals surface area contributed by atoms with Crippen molar-refractivity contribution in [1.82, 2.24) is 14.5 Å². The Hall–Kier alpha value is -2.42. The zero-order valence-electron chi connectivity index (χ0n) is 19.3. The van der Waals surface area contributed by atoms with Crippen LogP contribution in [0.2, 0.25) is 0 Å². The molecule has 174 valence electrons. The van der Waals surface area contributed by atoms with Crippen LogP contribution in [0.5, 0.6) is 5.75 Å². The normalized spacial score (nSPS) is 18.8. The first-order chi connectivity index (χ1) is 15.2. The van der Waals surface area contributed by atoms with Crippen LogP contribution in [0.4, 0.5) is 0 Å². The SMILES string of the molecule is CC.Cc1cc(C)c(O)c(S(=O)(=O)N2CCC3(CC2)NC(=O)CN3Cc2ccccc2)c1. The summed E-state index contributed by atoms with van der Waals surface area (Å²) in [5.41, 5.74) is 1.90. The molecule has 0 saturated carbocycles. The number of benzene rings is 2. The van der Waals surface area contributed by atoms with E-state index in [9.17, 15) is 18.3 Å². The van der Waals surface area contributed by atoms with Crippen LogP contribution in [-0.4, -0.2) is 53.9 Å². The first-order valence-corrected chi connectivity index (χ1v) is 12.6. The van der Waals surface area contributed by atoms with Crippen molar-refractivity contribution < 1.29 is 18.3 Å². The largest absolute Gasteiger partial charge is 0.506 e. The fourth-order valence-electron chi connectivity index (χ4n) is 4.51. The Labute approximate surface area is 191 Å². The van der Waals surface area contributed by atoms with Gasteiger partial charge >= 0.3 is 0 Å². The van der Waals surface area contributed by atoms with Gasteiger partial charge in [-0.05, 0) is 49.4 Å². The van der Waals surface area contributed by atoms with Crippen molar-refractivity contribution in [1.29, 1.82) is 0 Å². The van der Waals surface area contributed by atoms with E-state index in [-0.39, 0.29) is 29.6 Å². The van der Waals surface area contributed by atoms with Crippen LogP contribution in [0.1, 0.15) is 43.4 Å². The molecule has 4 rings (SSSR count). The Morgan fingerprint density at radius 3 is 2.31 bits per heavy atom. The topological polar surface area (TPSA) is 90.0 Å². The van der Waals surface area contributed by atoms with Gasteiger partial charge in [0.1, 0.15) is 10.6 Å². The fourth-order valence-corrected chi connectivity index (χ4v) is 6.19. The minimum Gasteiger partial charge on any atom is -0.506 e. The maximum Gasteiger partial charge on any atom is 0.246 e. The Balaban J connectivity index is 0.00000141. The van der Waals surface area contributed by atoms with Crippen LogP contribution in [0, 0.1) is 13.8 Å². The zero-order valence-corrected chi connectivity index (χ0v) is 20.1.